The Morgan fingerprint density at radius 3 is 2.11 bits per heavy atom. The Bertz CT molecular complexity index is 311. The average molecular weight is 274 g/mol. The Hall–Kier alpha value is -0.780. The summed E-state index contributed by atoms with van der Waals surface area (Å²) in [5, 5.41) is 0. The Labute approximate surface area is 115 Å². The SMILES string of the molecule is CCC(OC(C)OC)C(=O)C(C)OC(C)(C)C(C)=O. The average Bonchev–Trinajstić information content (AvgIpc) is 2.33. The summed E-state index contributed by atoms with van der Waals surface area (Å²) in [6.45, 7) is 9.96. The zero-order chi connectivity index (χ0) is 15.2. The van der Waals surface area contributed by atoms with Crippen LogP contribution in [0, 0.1) is 0 Å². The summed E-state index contributed by atoms with van der Waals surface area (Å²) in [6, 6.07) is 0. The van der Waals surface area contributed by atoms with Crippen LogP contribution in [0.25, 0.3) is 0 Å². The first-order valence-corrected chi connectivity index (χ1v) is 6.56. The Morgan fingerprint density at radius 1 is 1.21 bits per heavy atom. The lowest BCUT2D eigenvalue weighted by Gasteiger charge is -2.28. The van der Waals surface area contributed by atoms with E-state index in [2.05, 4.69) is 0 Å². The molecule has 0 rings (SSSR count). The monoisotopic (exact) mass is 274 g/mol. The number of carbonyl (C=O) groups is 2. The summed E-state index contributed by atoms with van der Waals surface area (Å²) in [5.41, 5.74) is -0.972. The summed E-state index contributed by atoms with van der Waals surface area (Å²) >= 11 is 0. The number of methoxy groups -OCH3 is 1. The molecule has 0 aliphatic heterocycles. The summed E-state index contributed by atoms with van der Waals surface area (Å²) in [7, 11) is 1.51. The predicted molar refractivity (Wildman–Crippen MR) is 71.9 cm³/mol. The first-order valence-electron chi connectivity index (χ1n) is 6.56. The maximum absolute atomic E-state index is 12.2. The molecule has 3 atom stereocenters. The van der Waals surface area contributed by atoms with Gasteiger partial charge in [0.25, 0.3) is 0 Å². The normalized spacial score (nSPS) is 16.8. The molecule has 0 N–H and O–H groups in total. The van der Waals surface area contributed by atoms with Gasteiger partial charge in [-0.25, -0.2) is 0 Å². The quantitative estimate of drug-likeness (QED) is 0.603. The molecule has 0 spiro atoms. The van der Waals surface area contributed by atoms with Crippen LogP contribution >= 0.6 is 0 Å². The van der Waals surface area contributed by atoms with Crippen molar-refractivity contribution in [2.75, 3.05) is 7.11 Å². The molecule has 3 unspecified atom stereocenters. The van der Waals surface area contributed by atoms with Crippen LogP contribution < -0.4 is 0 Å². The standard InChI is InChI=1S/C14H26O5/c1-8-12(18-11(4)17-7)13(16)9(2)19-14(5,6)10(3)15/h9,11-12H,8H2,1-7H3. The van der Waals surface area contributed by atoms with Gasteiger partial charge in [0.2, 0.25) is 0 Å². The van der Waals surface area contributed by atoms with Crippen molar-refractivity contribution in [3.63, 3.8) is 0 Å². The van der Waals surface area contributed by atoms with Crippen LogP contribution in [0.5, 0.6) is 0 Å². The first-order chi connectivity index (χ1) is 8.65. The second-order valence-electron chi connectivity index (χ2n) is 5.07. The Morgan fingerprint density at radius 2 is 1.74 bits per heavy atom. The van der Waals surface area contributed by atoms with Crippen LogP contribution in [0.2, 0.25) is 0 Å². The third-order valence-electron chi connectivity index (χ3n) is 3.10. The maximum Gasteiger partial charge on any atom is 0.190 e. The molecule has 0 aliphatic rings. The van der Waals surface area contributed by atoms with E-state index in [4.69, 9.17) is 14.2 Å². The van der Waals surface area contributed by atoms with E-state index in [1.807, 2.05) is 6.92 Å². The molecule has 0 fully saturated rings. The van der Waals surface area contributed by atoms with Crippen molar-refractivity contribution in [2.45, 2.75) is 72.1 Å². The summed E-state index contributed by atoms with van der Waals surface area (Å²) in [6.07, 6.45) is -1.22. The van der Waals surface area contributed by atoms with E-state index in [1.165, 1.54) is 14.0 Å². The van der Waals surface area contributed by atoms with Gasteiger partial charge >= 0.3 is 0 Å². The fourth-order valence-electron chi connectivity index (χ4n) is 1.50. The third-order valence-corrected chi connectivity index (χ3v) is 3.10. The minimum Gasteiger partial charge on any atom is -0.357 e. The van der Waals surface area contributed by atoms with Crippen molar-refractivity contribution in [3.05, 3.63) is 0 Å². The molecule has 0 bridgehead atoms. The molecular weight excluding hydrogens is 248 g/mol. The number of ketones is 2. The zero-order valence-electron chi connectivity index (χ0n) is 13.0. The van der Waals surface area contributed by atoms with E-state index in [0.29, 0.717) is 6.42 Å². The first kappa shape index (κ1) is 18.2. The second kappa shape index (κ2) is 7.72. The molecule has 0 saturated carbocycles. The molecule has 0 heterocycles. The molecule has 0 aromatic heterocycles. The maximum atomic E-state index is 12.2. The smallest absolute Gasteiger partial charge is 0.190 e. The van der Waals surface area contributed by atoms with Crippen molar-refractivity contribution < 1.29 is 23.8 Å². The van der Waals surface area contributed by atoms with Crippen LogP contribution in [0.4, 0.5) is 0 Å². The molecule has 5 heteroatoms. The summed E-state index contributed by atoms with van der Waals surface area (Å²) in [5.74, 6) is -0.299. The largest absolute Gasteiger partial charge is 0.357 e. The molecule has 0 aromatic carbocycles. The number of rotatable bonds is 9. The zero-order valence-corrected chi connectivity index (χ0v) is 13.0. The number of carbonyl (C=O) groups excluding carboxylic acids is 2. The minimum atomic E-state index is -0.972. The van der Waals surface area contributed by atoms with E-state index < -0.39 is 24.1 Å². The van der Waals surface area contributed by atoms with Crippen LogP contribution in [-0.4, -0.2) is 42.8 Å². The van der Waals surface area contributed by atoms with Crippen LogP contribution in [0.15, 0.2) is 0 Å². The number of ether oxygens (including phenoxy) is 3. The molecule has 0 radical (unpaired) electrons. The van der Waals surface area contributed by atoms with Crippen LogP contribution in [0.3, 0.4) is 0 Å². The van der Waals surface area contributed by atoms with E-state index in [0.717, 1.165) is 0 Å². The van der Waals surface area contributed by atoms with Gasteiger partial charge in [-0.3, -0.25) is 9.59 Å². The lowest BCUT2D eigenvalue weighted by Crippen LogP contribution is -2.43. The van der Waals surface area contributed by atoms with Crippen molar-refractivity contribution in [1.82, 2.24) is 0 Å². The fraction of sp³-hybridized carbons (Fsp3) is 0.857. The van der Waals surface area contributed by atoms with Gasteiger partial charge in [0, 0.05) is 7.11 Å². The Kier molecular flexibility index (Phi) is 7.41. The highest BCUT2D eigenvalue weighted by molar-refractivity contribution is 5.88. The third kappa shape index (κ3) is 5.80. The van der Waals surface area contributed by atoms with Crippen molar-refractivity contribution in [3.8, 4) is 0 Å². The van der Waals surface area contributed by atoms with Gasteiger partial charge in [-0.1, -0.05) is 6.92 Å². The number of hydrogen-bond donors (Lipinski definition) is 0. The van der Waals surface area contributed by atoms with E-state index in [1.54, 1.807) is 27.7 Å². The topological polar surface area (TPSA) is 61.8 Å². The predicted octanol–water partition coefficient (Wildman–Crippen LogP) is 2.12. The van der Waals surface area contributed by atoms with Crippen LogP contribution in [-0.2, 0) is 23.8 Å². The highest BCUT2D eigenvalue weighted by Gasteiger charge is 2.32. The minimum absolute atomic E-state index is 0.119. The van der Waals surface area contributed by atoms with E-state index in [-0.39, 0.29) is 11.6 Å². The number of hydrogen-bond acceptors (Lipinski definition) is 5. The number of Topliss-reactive ketones (excluding diaryl/α,β-unsaturated/α-hetero) is 2. The molecule has 0 amide bonds. The van der Waals surface area contributed by atoms with Gasteiger partial charge in [0.1, 0.15) is 17.8 Å². The van der Waals surface area contributed by atoms with Gasteiger partial charge < -0.3 is 14.2 Å². The second-order valence-corrected chi connectivity index (χ2v) is 5.07. The van der Waals surface area contributed by atoms with Crippen molar-refractivity contribution in [1.29, 1.82) is 0 Å². The molecule has 0 aromatic rings. The van der Waals surface area contributed by atoms with Gasteiger partial charge in [0.05, 0.1) is 0 Å². The Balaban J connectivity index is 4.65. The molecule has 0 saturated heterocycles. The van der Waals surface area contributed by atoms with Gasteiger partial charge in [-0.2, -0.15) is 0 Å². The summed E-state index contributed by atoms with van der Waals surface area (Å²) < 4.78 is 16.0. The van der Waals surface area contributed by atoms with Crippen molar-refractivity contribution >= 4 is 11.6 Å². The highest BCUT2D eigenvalue weighted by Crippen LogP contribution is 2.17. The van der Waals surface area contributed by atoms with Gasteiger partial charge in [-0.15, -0.1) is 0 Å². The van der Waals surface area contributed by atoms with Crippen LogP contribution in [0.1, 0.15) is 48.0 Å². The fourth-order valence-corrected chi connectivity index (χ4v) is 1.50. The molecular formula is C14H26O5. The van der Waals surface area contributed by atoms with Gasteiger partial charge in [-0.05, 0) is 41.0 Å². The van der Waals surface area contributed by atoms with E-state index in [9.17, 15) is 9.59 Å². The van der Waals surface area contributed by atoms with E-state index >= 15 is 0 Å². The highest BCUT2D eigenvalue weighted by atomic mass is 16.7. The van der Waals surface area contributed by atoms with Gasteiger partial charge in [0.15, 0.2) is 17.9 Å². The van der Waals surface area contributed by atoms with Crippen molar-refractivity contribution in [2.24, 2.45) is 0 Å². The molecule has 0 aliphatic carbocycles. The summed E-state index contributed by atoms with van der Waals surface area (Å²) in [4.78, 5) is 23.6. The molecule has 112 valence electrons. The molecule has 5 nitrogen and oxygen atoms in total. The lowest BCUT2D eigenvalue weighted by atomic mass is 10.0. The molecule has 19 heavy (non-hydrogen) atoms. The lowest BCUT2D eigenvalue weighted by molar-refractivity contribution is -0.177.